The monoisotopic (exact) mass is 326 g/mol. The van der Waals surface area contributed by atoms with Crippen molar-refractivity contribution < 1.29 is 23.7 Å². The Hall–Kier alpha value is -0.440. The quantitative estimate of drug-likeness (QED) is 0.748. The van der Waals surface area contributed by atoms with Gasteiger partial charge in [-0.3, -0.25) is 4.79 Å². The highest BCUT2D eigenvalue weighted by molar-refractivity contribution is 5.85. The first kappa shape index (κ1) is 20.6. The lowest BCUT2D eigenvalue weighted by molar-refractivity contribution is -0.132. The van der Waals surface area contributed by atoms with Crippen molar-refractivity contribution in [3.63, 3.8) is 0 Å². The van der Waals surface area contributed by atoms with Gasteiger partial charge in [0, 0.05) is 26.1 Å². The summed E-state index contributed by atoms with van der Waals surface area (Å²) in [6, 6.07) is 0. The molecular weight excluding hydrogens is 300 g/mol. The predicted octanol–water partition coefficient (Wildman–Crippen LogP) is -0.334. The molecule has 1 aliphatic heterocycles. The highest BCUT2D eigenvalue weighted by Gasteiger charge is 2.12. The highest BCUT2D eigenvalue weighted by Crippen LogP contribution is 1.96. The van der Waals surface area contributed by atoms with Crippen molar-refractivity contribution >= 4 is 18.3 Å². The van der Waals surface area contributed by atoms with Crippen LogP contribution >= 0.6 is 12.4 Å². The zero-order valence-corrected chi connectivity index (χ0v) is 13.3. The minimum atomic E-state index is 0. The second kappa shape index (κ2) is 14.5. The van der Waals surface area contributed by atoms with Gasteiger partial charge in [-0.05, 0) is 0 Å². The molecule has 21 heavy (non-hydrogen) atoms. The van der Waals surface area contributed by atoms with Crippen LogP contribution in [0.1, 0.15) is 6.42 Å². The van der Waals surface area contributed by atoms with E-state index in [0.717, 1.165) is 0 Å². The molecule has 1 fully saturated rings. The van der Waals surface area contributed by atoms with E-state index in [0.29, 0.717) is 78.9 Å². The van der Waals surface area contributed by atoms with Crippen molar-refractivity contribution in [3.05, 3.63) is 0 Å². The summed E-state index contributed by atoms with van der Waals surface area (Å²) in [5.74, 6) is 0.0384. The topological polar surface area (TPSA) is 83.3 Å². The Morgan fingerprint density at radius 1 is 0.810 bits per heavy atom. The molecule has 0 aliphatic carbocycles. The first-order chi connectivity index (χ1) is 9.84. The Labute approximate surface area is 132 Å². The SMILES string of the molecule is Cl.NCCC(=O)N1CCOCCOCCOCCOCC1. The molecule has 0 spiro atoms. The van der Waals surface area contributed by atoms with Crippen molar-refractivity contribution in [2.24, 2.45) is 5.73 Å². The summed E-state index contributed by atoms with van der Waals surface area (Å²) >= 11 is 0. The lowest BCUT2D eigenvalue weighted by atomic mass is 10.3. The molecule has 0 bridgehead atoms. The van der Waals surface area contributed by atoms with Crippen molar-refractivity contribution in [2.75, 3.05) is 72.5 Å². The second-order valence-corrected chi connectivity index (χ2v) is 4.37. The molecule has 1 amide bonds. The van der Waals surface area contributed by atoms with Gasteiger partial charge in [0.25, 0.3) is 0 Å². The molecule has 0 aromatic heterocycles. The first-order valence-corrected chi connectivity index (χ1v) is 7.13. The molecule has 126 valence electrons. The van der Waals surface area contributed by atoms with Crippen LogP contribution in [0.2, 0.25) is 0 Å². The number of rotatable bonds is 2. The number of hydrogen-bond acceptors (Lipinski definition) is 6. The van der Waals surface area contributed by atoms with Crippen LogP contribution in [-0.4, -0.2) is 83.3 Å². The lowest BCUT2D eigenvalue weighted by Crippen LogP contribution is -2.37. The Bertz CT molecular complexity index is 243. The summed E-state index contributed by atoms with van der Waals surface area (Å²) in [5.41, 5.74) is 5.42. The number of nitrogens with zero attached hydrogens (tertiary/aromatic N) is 1. The summed E-state index contributed by atoms with van der Waals surface area (Å²) in [6.45, 7) is 5.70. The fraction of sp³-hybridized carbons (Fsp3) is 0.923. The molecule has 2 N–H and O–H groups in total. The summed E-state index contributed by atoms with van der Waals surface area (Å²) in [6.07, 6.45) is 0.353. The summed E-state index contributed by atoms with van der Waals surface area (Å²) in [5, 5.41) is 0. The minimum absolute atomic E-state index is 0. The zero-order valence-electron chi connectivity index (χ0n) is 12.5. The second-order valence-electron chi connectivity index (χ2n) is 4.37. The normalized spacial score (nSPS) is 20.0. The predicted molar refractivity (Wildman–Crippen MR) is 80.8 cm³/mol. The highest BCUT2D eigenvalue weighted by atomic mass is 35.5. The molecule has 1 rings (SSSR count). The average molecular weight is 327 g/mol. The fourth-order valence-electron chi connectivity index (χ4n) is 1.75. The maximum absolute atomic E-state index is 11.9. The third-order valence-electron chi connectivity index (χ3n) is 2.84. The number of amides is 1. The lowest BCUT2D eigenvalue weighted by Gasteiger charge is -2.22. The van der Waals surface area contributed by atoms with Gasteiger partial charge in [0.05, 0.1) is 52.9 Å². The van der Waals surface area contributed by atoms with Gasteiger partial charge in [-0.25, -0.2) is 0 Å². The van der Waals surface area contributed by atoms with Crippen LogP contribution in [0.15, 0.2) is 0 Å². The number of halogens is 1. The number of nitrogens with two attached hydrogens (primary N) is 1. The molecule has 0 aromatic rings. The molecule has 7 nitrogen and oxygen atoms in total. The molecular formula is C13H27ClN2O5. The minimum Gasteiger partial charge on any atom is -0.377 e. The molecule has 1 saturated heterocycles. The fourth-order valence-corrected chi connectivity index (χ4v) is 1.75. The van der Waals surface area contributed by atoms with E-state index in [1.165, 1.54) is 0 Å². The van der Waals surface area contributed by atoms with Crippen LogP contribution in [0.3, 0.4) is 0 Å². The third-order valence-corrected chi connectivity index (χ3v) is 2.84. The van der Waals surface area contributed by atoms with E-state index in [-0.39, 0.29) is 18.3 Å². The Morgan fingerprint density at radius 2 is 1.19 bits per heavy atom. The number of hydrogen-bond donors (Lipinski definition) is 1. The van der Waals surface area contributed by atoms with E-state index in [1.54, 1.807) is 4.90 Å². The van der Waals surface area contributed by atoms with Gasteiger partial charge < -0.3 is 29.6 Å². The molecule has 0 atom stereocenters. The Balaban J connectivity index is 0.00000400. The van der Waals surface area contributed by atoms with Crippen LogP contribution in [-0.2, 0) is 23.7 Å². The Kier molecular flexibility index (Phi) is 14.2. The van der Waals surface area contributed by atoms with Crippen LogP contribution in [0.25, 0.3) is 0 Å². The van der Waals surface area contributed by atoms with Crippen LogP contribution in [0.5, 0.6) is 0 Å². The Morgan fingerprint density at radius 3 is 1.57 bits per heavy atom. The molecule has 0 aromatic carbocycles. The number of ether oxygens (including phenoxy) is 4. The third kappa shape index (κ3) is 10.9. The van der Waals surface area contributed by atoms with Crippen molar-refractivity contribution in [1.82, 2.24) is 4.90 Å². The smallest absolute Gasteiger partial charge is 0.223 e. The molecule has 1 aliphatic rings. The van der Waals surface area contributed by atoms with Gasteiger partial charge in [0.15, 0.2) is 0 Å². The molecule has 0 saturated carbocycles. The van der Waals surface area contributed by atoms with Gasteiger partial charge in [-0.2, -0.15) is 0 Å². The zero-order chi connectivity index (χ0) is 14.5. The van der Waals surface area contributed by atoms with Gasteiger partial charge in [0.1, 0.15) is 0 Å². The standard InChI is InChI=1S/C13H26N2O5.ClH/c14-2-1-13(16)15-3-5-17-7-9-19-11-12-20-10-8-18-6-4-15;/h1-12,14H2;1H. The summed E-state index contributed by atoms with van der Waals surface area (Å²) < 4.78 is 21.5. The van der Waals surface area contributed by atoms with E-state index in [1.807, 2.05) is 0 Å². The molecule has 1 heterocycles. The largest absolute Gasteiger partial charge is 0.377 e. The molecule has 8 heteroatoms. The van der Waals surface area contributed by atoms with E-state index < -0.39 is 0 Å². The van der Waals surface area contributed by atoms with Gasteiger partial charge in [0.2, 0.25) is 5.91 Å². The van der Waals surface area contributed by atoms with E-state index in [9.17, 15) is 4.79 Å². The number of carbonyl (C=O) groups excluding carboxylic acids is 1. The van der Waals surface area contributed by atoms with Gasteiger partial charge >= 0.3 is 0 Å². The molecule has 0 unspecified atom stereocenters. The van der Waals surface area contributed by atoms with E-state index >= 15 is 0 Å². The first-order valence-electron chi connectivity index (χ1n) is 7.13. The maximum atomic E-state index is 11.9. The summed E-state index contributed by atoms with van der Waals surface area (Å²) in [7, 11) is 0. The van der Waals surface area contributed by atoms with E-state index in [4.69, 9.17) is 24.7 Å². The number of carbonyl (C=O) groups is 1. The van der Waals surface area contributed by atoms with Crippen molar-refractivity contribution in [3.8, 4) is 0 Å². The van der Waals surface area contributed by atoms with Crippen LogP contribution < -0.4 is 5.73 Å². The van der Waals surface area contributed by atoms with Crippen LogP contribution in [0, 0.1) is 0 Å². The van der Waals surface area contributed by atoms with Gasteiger partial charge in [-0.1, -0.05) is 0 Å². The average Bonchev–Trinajstić information content (AvgIpc) is 2.45. The molecule has 0 radical (unpaired) electrons. The van der Waals surface area contributed by atoms with Crippen LogP contribution in [0.4, 0.5) is 0 Å². The van der Waals surface area contributed by atoms with Crippen molar-refractivity contribution in [1.29, 1.82) is 0 Å². The van der Waals surface area contributed by atoms with Crippen molar-refractivity contribution in [2.45, 2.75) is 6.42 Å². The van der Waals surface area contributed by atoms with Gasteiger partial charge in [-0.15, -0.1) is 12.4 Å². The van der Waals surface area contributed by atoms with E-state index in [2.05, 4.69) is 0 Å². The maximum Gasteiger partial charge on any atom is 0.223 e. The summed E-state index contributed by atoms with van der Waals surface area (Å²) in [4.78, 5) is 13.6.